The van der Waals surface area contributed by atoms with Gasteiger partial charge in [0.05, 0.1) is 6.42 Å². The highest BCUT2D eigenvalue weighted by Crippen LogP contribution is 2.10. The Balaban J connectivity index is 2.54. The van der Waals surface area contributed by atoms with E-state index < -0.39 is 5.97 Å². The lowest BCUT2D eigenvalue weighted by Crippen LogP contribution is -2.34. The van der Waals surface area contributed by atoms with Crippen molar-refractivity contribution in [1.82, 2.24) is 5.32 Å². The van der Waals surface area contributed by atoms with E-state index in [4.69, 9.17) is 10.2 Å². The number of hydrogen-bond donors (Lipinski definition) is 3. The van der Waals surface area contributed by atoms with Gasteiger partial charge in [-0.05, 0) is 30.2 Å². The van der Waals surface area contributed by atoms with E-state index in [0.717, 1.165) is 5.56 Å². The van der Waals surface area contributed by atoms with Gasteiger partial charge in [-0.15, -0.1) is 0 Å². The standard InChI is InChI=1S/C14H17NO4/c1-2-11(9-14(18)19)15-13(17)8-5-10-3-6-12(16)7-4-10/h3-8,11,16H,2,9H2,1H3,(H,15,17)(H,18,19)/b8-5+. The number of carboxylic acids is 1. The molecule has 1 aromatic rings. The number of nitrogens with one attached hydrogen (secondary N) is 1. The topological polar surface area (TPSA) is 86.6 Å². The predicted molar refractivity (Wildman–Crippen MR) is 71.6 cm³/mol. The fourth-order valence-corrected chi connectivity index (χ4v) is 1.51. The van der Waals surface area contributed by atoms with Crippen LogP contribution in [0.4, 0.5) is 0 Å². The van der Waals surface area contributed by atoms with E-state index in [-0.39, 0.29) is 24.1 Å². The van der Waals surface area contributed by atoms with Crippen LogP contribution in [0.5, 0.6) is 5.75 Å². The highest BCUT2D eigenvalue weighted by Gasteiger charge is 2.12. The number of carbonyl (C=O) groups is 2. The molecular weight excluding hydrogens is 246 g/mol. The fourth-order valence-electron chi connectivity index (χ4n) is 1.51. The summed E-state index contributed by atoms with van der Waals surface area (Å²) in [4.78, 5) is 22.2. The van der Waals surface area contributed by atoms with Crippen LogP contribution in [0.3, 0.4) is 0 Å². The van der Waals surface area contributed by atoms with Crippen LogP contribution in [0.1, 0.15) is 25.3 Å². The Morgan fingerprint density at radius 2 is 1.95 bits per heavy atom. The van der Waals surface area contributed by atoms with Gasteiger partial charge in [0.2, 0.25) is 5.91 Å². The van der Waals surface area contributed by atoms with Crippen molar-refractivity contribution in [3.63, 3.8) is 0 Å². The third-order valence-electron chi connectivity index (χ3n) is 2.58. The molecule has 5 heteroatoms. The first-order valence-electron chi connectivity index (χ1n) is 6.00. The molecule has 5 nitrogen and oxygen atoms in total. The van der Waals surface area contributed by atoms with Crippen molar-refractivity contribution >= 4 is 18.0 Å². The quantitative estimate of drug-likeness (QED) is 0.683. The van der Waals surface area contributed by atoms with E-state index >= 15 is 0 Å². The molecule has 3 N–H and O–H groups in total. The molecule has 0 heterocycles. The van der Waals surface area contributed by atoms with Gasteiger partial charge in [-0.2, -0.15) is 0 Å². The Morgan fingerprint density at radius 3 is 2.47 bits per heavy atom. The third kappa shape index (κ3) is 5.72. The second kappa shape index (κ2) is 7.20. The largest absolute Gasteiger partial charge is 0.508 e. The van der Waals surface area contributed by atoms with E-state index in [2.05, 4.69) is 5.32 Å². The van der Waals surface area contributed by atoms with Gasteiger partial charge in [0, 0.05) is 12.1 Å². The average molecular weight is 263 g/mol. The summed E-state index contributed by atoms with van der Waals surface area (Å²) in [5, 5.41) is 20.4. The van der Waals surface area contributed by atoms with Crippen LogP contribution in [0.2, 0.25) is 0 Å². The molecule has 0 radical (unpaired) electrons. The molecule has 0 saturated heterocycles. The molecule has 0 fully saturated rings. The summed E-state index contributed by atoms with van der Waals surface area (Å²) in [5.74, 6) is -1.11. The summed E-state index contributed by atoms with van der Waals surface area (Å²) >= 11 is 0. The Hall–Kier alpha value is -2.30. The van der Waals surface area contributed by atoms with E-state index in [1.807, 2.05) is 6.92 Å². The lowest BCUT2D eigenvalue weighted by atomic mass is 10.1. The van der Waals surface area contributed by atoms with E-state index in [1.165, 1.54) is 18.2 Å². The summed E-state index contributed by atoms with van der Waals surface area (Å²) in [6.45, 7) is 1.82. The molecule has 0 aliphatic rings. The lowest BCUT2D eigenvalue weighted by molar-refractivity contribution is -0.137. The maximum Gasteiger partial charge on any atom is 0.305 e. The fraction of sp³-hybridized carbons (Fsp3) is 0.286. The molecule has 0 aliphatic carbocycles. The maximum absolute atomic E-state index is 11.6. The highest BCUT2D eigenvalue weighted by atomic mass is 16.4. The summed E-state index contributed by atoms with van der Waals surface area (Å²) in [6, 6.07) is 6.03. The number of benzene rings is 1. The maximum atomic E-state index is 11.6. The van der Waals surface area contributed by atoms with Crippen LogP contribution in [0.15, 0.2) is 30.3 Å². The monoisotopic (exact) mass is 263 g/mol. The predicted octanol–water partition coefficient (Wildman–Crippen LogP) is 1.77. The summed E-state index contributed by atoms with van der Waals surface area (Å²) in [5.41, 5.74) is 0.777. The first kappa shape index (κ1) is 14.8. The molecule has 1 aromatic carbocycles. The zero-order valence-corrected chi connectivity index (χ0v) is 10.7. The van der Waals surface area contributed by atoms with Crippen molar-refractivity contribution in [2.75, 3.05) is 0 Å². The molecule has 0 aromatic heterocycles. The highest BCUT2D eigenvalue weighted by molar-refractivity contribution is 5.92. The summed E-state index contributed by atoms with van der Waals surface area (Å²) in [6.07, 6.45) is 3.42. The molecule has 0 spiro atoms. The average Bonchev–Trinajstić information content (AvgIpc) is 2.36. The second-order valence-corrected chi connectivity index (χ2v) is 4.14. The van der Waals surface area contributed by atoms with Crippen molar-refractivity contribution in [3.05, 3.63) is 35.9 Å². The number of rotatable bonds is 6. The molecule has 19 heavy (non-hydrogen) atoms. The van der Waals surface area contributed by atoms with E-state index in [9.17, 15) is 9.59 Å². The first-order chi connectivity index (χ1) is 9.01. The van der Waals surface area contributed by atoms with Crippen LogP contribution in [-0.4, -0.2) is 28.1 Å². The molecule has 0 bridgehead atoms. The summed E-state index contributed by atoms with van der Waals surface area (Å²) in [7, 11) is 0. The van der Waals surface area contributed by atoms with Crippen LogP contribution >= 0.6 is 0 Å². The number of hydrogen-bond acceptors (Lipinski definition) is 3. The Kier molecular flexibility index (Phi) is 5.60. The molecule has 1 unspecified atom stereocenters. The number of aromatic hydroxyl groups is 1. The number of aliphatic carboxylic acids is 1. The van der Waals surface area contributed by atoms with Crippen molar-refractivity contribution in [1.29, 1.82) is 0 Å². The van der Waals surface area contributed by atoms with Crippen molar-refractivity contribution in [3.8, 4) is 5.75 Å². The molecular formula is C14H17NO4. The number of amides is 1. The van der Waals surface area contributed by atoms with Crippen LogP contribution in [0.25, 0.3) is 6.08 Å². The third-order valence-corrected chi connectivity index (χ3v) is 2.58. The van der Waals surface area contributed by atoms with Gasteiger partial charge < -0.3 is 15.5 Å². The van der Waals surface area contributed by atoms with Crippen molar-refractivity contribution in [2.24, 2.45) is 0 Å². The van der Waals surface area contributed by atoms with Crippen LogP contribution in [-0.2, 0) is 9.59 Å². The van der Waals surface area contributed by atoms with Gasteiger partial charge in [-0.1, -0.05) is 19.1 Å². The van der Waals surface area contributed by atoms with Crippen molar-refractivity contribution in [2.45, 2.75) is 25.8 Å². The first-order valence-corrected chi connectivity index (χ1v) is 6.00. The SMILES string of the molecule is CCC(CC(=O)O)NC(=O)/C=C/c1ccc(O)cc1. The van der Waals surface area contributed by atoms with Gasteiger partial charge in [-0.3, -0.25) is 9.59 Å². The molecule has 1 atom stereocenters. The van der Waals surface area contributed by atoms with Gasteiger partial charge in [0.25, 0.3) is 0 Å². The van der Waals surface area contributed by atoms with Crippen molar-refractivity contribution < 1.29 is 19.8 Å². The number of phenolic OH excluding ortho intramolecular Hbond substituents is 1. The van der Waals surface area contributed by atoms with Gasteiger partial charge in [0.1, 0.15) is 5.75 Å². The zero-order chi connectivity index (χ0) is 14.3. The Labute approximate surface area is 111 Å². The van der Waals surface area contributed by atoms with Crippen LogP contribution in [0, 0.1) is 0 Å². The minimum atomic E-state index is -0.935. The molecule has 0 saturated carbocycles. The van der Waals surface area contributed by atoms with Gasteiger partial charge >= 0.3 is 5.97 Å². The Morgan fingerprint density at radius 1 is 1.32 bits per heavy atom. The molecule has 102 valence electrons. The van der Waals surface area contributed by atoms with E-state index in [0.29, 0.717) is 6.42 Å². The lowest BCUT2D eigenvalue weighted by Gasteiger charge is -2.12. The second-order valence-electron chi connectivity index (χ2n) is 4.14. The minimum Gasteiger partial charge on any atom is -0.508 e. The molecule has 1 rings (SSSR count). The Bertz CT molecular complexity index is 465. The van der Waals surface area contributed by atoms with Gasteiger partial charge in [-0.25, -0.2) is 0 Å². The van der Waals surface area contributed by atoms with E-state index in [1.54, 1.807) is 18.2 Å². The van der Waals surface area contributed by atoms with Crippen LogP contribution < -0.4 is 5.32 Å². The molecule has 1 amide bonds. The number of phenols is 1. The zero-order valence-electron chi connectivity index (χ0n) is 10.7. The minimum absolute atomic E-state index is 0.0880. The smallest absolute Gasteiger partial charge is 0.305 e. The normalized spacial score (nSPS) is 12.3. The summed E-state index contributed by atoms with van der Waals surface area (Å²) < 4.78 is 0. The molecule has 0 aliphatic heterocycles. The number of carboxylic acid groups (broad SMARTS) is 1. The van der Waals surface area contributed by atoms with Gasteiger partial charge in [0.15, 0.2) is 0 Å². The number of carbonyl (C=O) groups excluding carboxylic acids is 1.